The van der Waals surface area contributed by atoms with Gasteiger partial charge in [-0.1, -0.05) is 25.1 Å². The molecule has 1 aromatic rings. The van der Waals surface area contributed by atoms with Gasteiger partial charge in [-0.15, -0.1) is 0 Å². The molecule has 1 saturated heterocycles. The molecule has 0 spiro atoms. The number of hydroxylamine groups is 3. The smallest absolute Gasteiger partial charge is 0.187 e. The molecule has 0 bridgehead atoms. The monoisotopic (exact) mass is 309 g/mol. The van der Waals surface area contributed by atoms with Crippen LogP contribution in [0.1, 0.15) is 32.6 Å². The summed E-state index contributed by atoms with van der Waals surface area (Å²) in [6, 6.07) is 8.21. The van der Waals surface area contributed by atoms with Crippen molar-refractivity contribution in [1.82, 2.24) is 0 Å². The highest BCUT2D eigenvalue weighted by Crippen LogP contribution is 2.48. The van der Waals surface area contributed by atoms with Crippen molar-refractivity contribution in [2.24, 2.45) is 5.92 Å². The molecular formula is C16H23NO3S. The molecule has 2 aliphatic rings. The average molecular weight is 309 g/mol. The van der Waals surface area contributed by atoms with Crippen molar-refractivity contribution < 1.29 is 13.1 Å². The molecule has 2 fully saturated rings. The molecule has 3 rings (SSSR count). The Hall–Kier alpha value is -0.910. The topological polar surface area (TPSA) is 57.2 Å². The normalized spacial score (nSPS) is 36.8. The number of hydrogen-bond donors (Lipinski definition) is 0. The second-order valence-electron chi connectivity index (χ2n) is 6.58. The van der Waals surface area contributed by atoms with E-state index in [-0.39, 0.29) is 22.6 Å². The van der Waals surface area contributed by atoms with Crippen molar-refractivity contribution in [3.05, 3.63) is 35.5 Å². The molecule has 0 aromatic heterocycles. The Bertz CT molecular complexity index is 608. The minimum atomic E-state index is -3.42. The van der Waals surface area contributed by atoms with E-state index in [1.165, 1.54) is 0 Å². The molecule has 1 aliphatic carbocycles. The van der Waals surface area contributed by atoms with Gasteiger partial charge in [0.2, 0.25) is 0 Å². The van der Waals surface area contributed by atoms with E-state index in [2.05, 4.69) is 0 Å². The van der Waals surface area contributed by atoms with E-state index in [1.807, 2.05) is 13.0 Å². The molecule has 4 nitrogen and oxygen atoms in total. The Balaban J connectivity index is 2.01. The third-order valence-corrected chi connectivity index (χ3v) is 7.45. The van der Waals surface area contributed by atoms with Crippen molar-refractivity contribution >= 4 is 9.84 Å². The summed E-state index contributed by atoms with van der Waals surface area (Å²) in [4.78, 5) is 0.359. The van der Waals surface area contributed by atoms with Crippen LogP contribution in [0.25, 0.3) is 0 Å². The average Bonchev–Trinajstić information content (AvgIpc) is 3.24. The maximum absolute atomic E-state index is 13.0. The van der Waals surface area contributed by atoms with Gasteiger partial charge < -0.3 is 9.85 Å². The second-order valence-corrected chi connectivity index (χ2v) is 8.75. The van der Waals surface area contributed by atoms with Crippen LogP contribution in [0.5, 0.6) is 0 Å². The van der Waals surface area contributed by atoms with Gasteiger partial charge in [0.15, 0.2) is 9.84 Å². The Kier molecular flexibility index (Phi) is 3.62. The number of hydrogen-bond acceptors (Lipinski definition) is 3. The molecule has 116 valence electrons. The van der Waals surface area contributed by atoms with Crippen LogP contribution in [0.4, 0.5) is 0 Å². The molecule has 21 heavy (non-hydrogen) atoms. The van der Waals surface area contributed by atoms with Gasteiger partial charge in [0.1, 0.15) is 11.3 Å². The number of likely N-dealkylation sites (tertiary alicyclic amines) is 1. The molecule has 1 saturated carbocycles. The minimum absolute atomic E-state index is 0.0981. The lowest BCUT2D eigenvalue weighted by Crippen LogP contribution is -2.52. The highest BCUT2D eigenvalue weighted by Gasteiger charge is 2.57. The highest BCUT2D eigenvalue weighted by molar-refractivity contribution is 7.92. The fourth-order valence-corrected chi connectivity index (χ4v) is 6.17. The van der Waals surface area contributed by atoms with Crippen molar-refractivity contribution in [2.45, 2.75) is 54.8 Å². The van der Waals surface area contributed by atoms with Crippen LogP contribution in [-0.4, -0.2) is 37.4 Å². The summed E-state index contributed by atoms with van der Waals surface area (Å²) < 4.78 is 25.6. The van der Waals surface area contributed by atoms with Crippen LogP contribution in [0.3, 0.4) is 0 Å². The quantitative estimate of drug-likeness (QED) is 0.635. The first-order valence-electron chi connectivity index (χ1n) is 7.75. The summed E-state index contributed by atoms with van der Waals surface area (Å²) in [6.45, 7) is 1.99. The SMILES string of the molecule is CC[C@H]1C[C@H](S(=O)(=O)c2ccccc2)[C@H](C2CC2)[N@@+]1(C)[O-]. The van der Waals surface area contributed by atoms with Gasteiger partial charge >= 0.3 is 0 Å². The molecule has 4 atom stereocenters. The van der Waals surface area contributed by atoms with Crippen LogP contribution >= 0.6 is 0 Å². The maximum atomic E-state index is 13.0. The van der Waals surface area contributed by atoms with Gasteiger partial charge in [-0.3, -0.25) is 0 Å². The zero-order valence-corrected chi connectivity index (χ0v) is 13.4. The Morgan fingerprint density at radius 2 is 1.86 bits per heavy atom. The van der Waals surface area contributed by atoms with E-state index in [0.717, 1.165) is 19.3 Å². The first kappa shape index (κ1) is 15.0. The van der Waals surface area contributed by atoms with E-state index in [1.54, 1.807) is 31.3 Å². The second kappa shape index (κ2) is 5.07. The highest BCUT2D eigenvalue weighted by atomic mass is 32.2. The summed E-state index contributed by atoms with van der Waals surface area (Å²) in [6.07, 6.45) is 3.23. The lowest BCUT2D eigenvalue weighted by molar-refractivity contribution is -0.898. The third-order valence-electron chi connectivity index (χ3n) is 5.25. The van der Waals surface area contributed by atoms with E-state index in [0.29, 0.717) is 11.3 Å². The minimum Gasteiger partial charge on any atom is -0.633 e. The largest absolute Gasteiger partial charge is 0.633 e. The molecule has 1 heterocycles. The lowest BCUT2D eigenvalue weighted by Gasteiger charge is -2.46. The van der Waals surface area contributed by atoms with Gasteiger partial charge in [-0.25, -0.2) is 8.42 Å². The van der Waals surface area contributed by atoms with E-state index >= 15 is 0 Å². The maximum Gasteiger partial charge on any atom is 0.187 e. The number of nitrogens with zero attached hydrogens (tertiary/aromatic N) is 1. The number of quaternary nitrogens is 1. The predicted molar refractivity (Wildman–Crippen MR) is 82.2 cm³/mol. The van der Waals surface area contributed by atoms with Crippen LogP contribution in [0, 0.1) is 11.1 Å². The zero-order chi connectivity index (χ0) is 15.3. The Morgan fingerprint density at radius 3 is 2.38 bits per heavy atom. The van der Waals surface area contributed by atoms with Crippen LogP contribution in [-0.2, 0) is 9.84 Å². The Labute approximate surface area is 126 Å². The van der Waals surface area contributed by atoms with Gasteiger partial charge in [0.05, 0.1) is 18.0 Å². The van der Waals surface area contributed by atoms with Gasteiger partial charge in [-0.2, -0.15) is 0 Å². The fraction of sp³-hybridized carbons (Fsp3) is 0.625. The Morgan fingerprint density at radius 1 is 1.24 bits per heavy atom. The van der Waals surface area contributed by atoms with E-state index < -0.39 is 15.1 Å². The molecule has 1 aliphatic heterocycles. The predicted octanol–water partition coefficient (Wildman–Crippen LogP) is 2.73. The molecule has 1 aromatic carbocycles. The van der Waals surface area contributed by atoms with Crippen molar-refractivity contribution in [2.75, 3.05) is 7.05 Å². The van der Waals surface area contributed by atoms with E-state index in [4.69, 9.17) is 0 Å². The summed E-state index contributed by atoms with van der Waals surface area (Å²) in [5.74, 6) is 0.285. The van der Waals surface area contributed by atoms with Gasteiger partial charge in [-0.05, 0) is 31.4 Å². The molecule has 0 unspecified atom stereocenters. The first-order chi connectivity index (χ1) is 9.89. The van der Waals surface area contributed by atoms with Crippen LogP contribution < -0.4 is 0 Å². The molecule has 0 radical (unpaired) electrons. The van der Waals surface area contributed by atoms with Crippen LogP contribution in [0.15, 0.2) is 35.2 Å². The summed E-state index contributed by atoms with van der Waals surface area (Å²) in [5, 5.41) is 12.5. The molecular weight excluding hydrogens is 286 g/mol. The van der Waals surface area contributed by atoms with Crippen LogP contribution in [0.2, 0.25) is 0 Å². The van der Waals surface area contributed by atoms with Crippen molar-refractivity contribution in [3.8, 4) is 0 Å². The van der Waals surface area contributed by atoms with Gasteiger partial charge in [0.25, 0.3) is 0 Å². The lowest BCUT2D eigenvalue weighted by atomic mass is 10.1. The number of benzene rings is 1. The van der Waals surface area contributed by atoms with Crippen molar-refractivity contribution in [1.29, 1.82) is 0 Å². The summed E-state index contributed by atoms with van der Waals surface area (Å²) >= 11 is 0. The molecule has 0 amide bonds. The summed E-state index contributed by atoms with van der Waals surface area (Å²) in [5.41, 5.74) is 0. The molecule has 5 heteroatoms. The van der Waals surface area contributed by atoms with Crippen molar-refractivity contribution in [3.63, 3.8) is 0 Å². The molecule has 0 N–H and O–H groups in total. The standard InChI is InChI=1S/C16H23NO3S/c1-3-13-11-15(16(12-9-10-12)17(13,2)18)21(19,20)14-7-5-4-6-8-14/h4-8,12-13,15-16H,3,9-11H2,1-2H3/t13-,15-,16-,17-/m0/s1. The number of sulfone groups is 1. The first-order valence-corrected chi connectivity index (χ1v) is 9.29. The third kappa shape index (κ3) is 2.41. The fourth-order valence-electron chi connectivity index (χ4n) is 3.97. The van der Waals surface area contributed by atoms with E-state index in [9.17, 15) is 13.6 Å². The van der Waals surface area contributed by atoms with Gasteiger partial charge in [0, 0.05) is 12.3 Å². The number of rotatable bonds is 4. The summed E-state index contributed by atoms with van der Waals surface area (Å²) in [7, 11) is -1.74. The zero-order valence-electron chi connectivity index (χ0n) is 12.6.